The Labute approximate surface area is 109 Å². The molecule has 2 aliphatic heterocycles. The predicted molar refractivity (Wildman–Crippen MR) is 63.8 cm³/mol. The van der Waals surface area contributed by atoms with Gasteiger partial charge in [-0.3, -0.25) is 0 Å². The Hall–Kier alpha value is -1.37. The van der Waals surface area contributed by atoms with Crippen molar-refractivity contribution < 1.29 is 13.2 Å². The molecule has 1 unspecified atom stereocenters. The number of hydrogen-bond acceptors (Lipinski definition) is 4. The van der Waals surface area contributed by atoms with E-state index in [1.165, 1.54) is 6.07 Å². The van der Waals surface area contributed by atoms with Crippen LogP contribution in [0, 0.1) is 5.41 Å². The van der Waals surface area contributed by atoms with Crippen LogP contribution in [0.1, 0.15) is 18.5 Å². The van der Waals surface area contributed by atoms with E-state index in [2.05, 4.69) is 15.5 Å². The van der Waals surface area contributed by atoms with Crippen molar-refractivity contribution in [2.24, 2.45) is 5.41 Å². The van der Waals surface area contributed by atoms with Crippen LogP contribution >= 0.6 is 0 Å². The largest absolute Gasteiger partial charge is 0.435 e. The maximum absolute atomic E-state index is 12.4. The molecule has 3 heterocycles. The second kappa shape index (κ2) is 4.33. The highest BCUT2D eigenvalue weighted by Crippen LogP contribution is 2.37. The second-order valence-corrected chi connectivity index (χ2v) is 5.37. The van der Waals surface area contributed by atoms with Crippen molar-refractivity contribution in [1.29, 1.82) is 0 Å². The molecular formula is C12H15F3N4. The van der Waals surface area contributed by atoms with E-state index < -0.39 is 11.9 Å². The van der Waals surface area contributed by atoms with Crippen LogP contribution in [0.2, 0.25) is 0 Å². The lowest BCUT2D eigenvalue weighted by atomic mass is 9.87. The Balaban J connectivity index is 1.73. The lowest BCUT2D eigenvalue weighted by molar-refractivity contribution is -0.141. The quantitative estimate of drug-likeness (QED) is 0.844. The van der Waals surface area contributed by atoms with E-state index in [0.29, 0.717) is 5.82 Å². The number of nitrogens with zero attached hydrogens (tertiary/aromatic N) is 3. The van der Waals surface area contributed by atoms with E-state index in [1.54, 1.807) is 0 Å². The smallest absolute Gasteiger partial charge is 0.355 e. The summed E-state index contributed by atoms with van der Waals surface area (Å²) in [6.45, 7) is 3.69. The van der Waals surface area contributed by atoms with Crippen molar-refractivity contribution in [3.63, 3.8) is 0 Å². The van der Waals surface area contributed by atoms with E-state index in [0.717, 1.165) is 45.1 Å². The van der Waals surface area contributed by atoms with Gasteiger partial charge in [-0.25, -0.2) is 0 Å². The van der Waals surface area contributed by atoms with Crippen LogP contribution in [0.15, 0.2) is 12.1 Å². The first-order valence-electron chi connectivity index (χ1n) is 6.35. The minimum absolute atomic E-state index is 0.268. The van der Waals surface area contributed by atoms with Gasteiger partial charge in [-0.15, -0.1) is 10.2 Å². The van der Waals surface area contributed by atoms with Crippen LogP contribution in [-0.2, 0) is 6.18 Å². The molecular weight excluding hydrogens is 257 g/mol. The lowest BCUT2D eigenvalue weighted by Crippen LogP contribution is -2.29. The molecule has 0 aromatic carbocycles. The zero-order valence-corrected chi connectivity index (χ0v) is 10.4. The van der Waals surface area contributed by atoms with Crippen molar-refractivity contribution in [2.75, 3.05) is 31.1 Å². The van der Waals surface area contributed by atoms with Gasteiger partial charge in [-0.2, -0.15) is 13.2 Å². The van der Waals surface area contributed by atoms with E-state index in [4.69, 9.17) is 0 Å². The molecule has 0 aliphatic carbocycles. The summed E-state index contributed by atoms with van der Waals surface area (Å²) in [6, 6.07) is 2.41. The van der Waals surface area contributed by atoms with E-state index in [-0.39, 0.29) is 5.41 Å². The molecule has 3 rings (SSSR count). The minimum Gasteiger partial charge on any atom is -0.355 e. The Kier molecular flexibility index (Phi) is 2.88. The van der Waals surface area contributed by atoms with Gasteiger partial charge < -0.3 is 10.2 Å². The maximum atomic E-state index is 12.4. The molecule has 2 aliphatic rings. The molecule has 19 heavy (non-hydrogen) atoms. The third-order valence-electron chi connectivity index (χ3n) is 4.04. The molecule has 4 nitrogen and oxygen atoms in total. The van der Waals surface area contributed by atoms with Crippen LogP contribution in [0.5, 0.6) is 0 Å². The molecule has 104 valence electrons. The predicted octanol–water partition coefficient (Wildman–Crippen LogP) is 1.69. The summed E-state index contributed by atoms with van der Waals surface area (Å²) < 4.78 is 37.2. The van der Waals surface area contributed by atoms with Gasteiger partial charge in [0.05, 0.1) is 0 Å². The normalized spacial score (nSPS) is 27.4. The van der Waals surface area contributed by atoms with Crippen LogP contribution in [0.4, 0.5) is 19.0 Å². The SMILES string of the molecule is FC(F)(F)c1ccc(N2CCC3(CCNC3)C2)nn1. The van der Waals surface area contributed by atoms with Crippen LogP contribution in [0.3, 0.4) is 0 Å². The molecule has 2 fully saturated rings. The second-order valence-electron chi connectivity index (χ2n) is 5.37. The summed E-state index contributed by atoms with van der Waals surface area (Å²) in [5, 5.41) is 10.3. The summed E-state index contributed by atoms with van der Waals surface area (Å²) >= 11 is 0. The molecule has 0 saturated carbocycles. The van der Waals surface area contributed by atoms with Gasteiger partial charge in [0, 0.05) is 25.0 Å². The molecule has 7 heteroatoms. The number of nitrogens with one attached hydrogen (secondary N) is 1. The first kappa shape index (κ1) is 12.7. The zero-order valence-electron chi connectivity index (χ0n) is 10.4. The summed E-state index contributed by atoms with van der Waals surface area (Å²) in [7, 11) is 0. The van der Waals surface area contributed by atoms with E-state index in [9.17, 15) is 13.2 Å². The number of alkyl halides is 3. The average Bonchev–Trinajstić information content (AvgIpc) is 3.00. The van der Waals surface area contributed by atoms with Crippen LogP contribution in [-0.4, -0.2) is 36.4 Å². The molecule has 0 radical (unpaired) electrons. The van der Waals surface area contributed by atoms with Gasteiger partial charge in [0.2, 0.25) is 0 Å². The highest BCUT2D eigenvalue weighted by Gasteiger charge is 2.41. The topological polar surface area (TPSA) is 41.0 Å². The summed E-state index contributed by atoms with van der Waals surface area (Å²) in [5.41, 5.74) is -0.669. The van der Waals surface area contributed by atoms with E-state index >= 15 is 0 Å². The minimum atomic E-state index is -4.42. The van der Waals surface area contributed by atoms with Gasteiger partial charge >= 0.3 is 6.18 Å². The van der Waals surface area contributed by atoms with Crippen molar-refractivity contribution >= 4 is 5.82 Å². The Morgan fingerprint density at radius 2 is 2.05 bits per heavy atom. The van der Waals surface area contributed by atoms with Crippen molar-refractivity contribution in [2.45, 2.75) is 19.0 Å². The van der Waals surface area contributed by atoms with Gasteiger partial charge in [0.1, 0.15) is 0 Å². The first-order chi connectivity index (χ1) is 8.99. The van der Waals surface area contributed by atoms with Gasteiger partial charge in [0.15, 0.2) is 11.5 Å². The number of rotatable bonds is 1. The summed E-state index contributed by atoms with van der Waals surface area (Å²) in [5.74, 6) is 0.539. The molecule has 1 atom stereocenters. The fourth-order valence-corrected chi connectivity index (χ4v) is 2.92. The number of aromatic nitrogens is 2. The molecule has 1 N–H and O–H groups in total. The number of halogens is 3. The Morgan fingerprint density at radius 1 is 1.21 bits per heavy atom. The fourth-order valence-electron chi connectivity index (χ4n) is 2.92. The number of anilines is 1. The summed E-state index contributed by atoms with van der Waals surface area (Å²) in [6.07, 6.45) is -2.24. The Bertz CT molecular complexity index is 451. The third kappa shape index (κ3) is 2.39. The van der Waals surface area contributed by atoms with Crippen LogP contribution in [0.25, 0.3) is 0 Å². The van der Waals surface area contributed by atoms with E-state index in [1.807, 2.05) is 4.90 Å². The molecule has 1 aromatic heterocycles. The average molecular weight is 272 g/mol. The molecule has 1 aromatic rings. The van der Waals surface area contributed by atoms with Gasteiger partial charge in [-0.1, -0.05) is 0 Å². The first-order valence-corrected chi connectivity index (χ1v) is 6.35. The fraction of sp³-hybridized carbons (Fsp3) is 0.667. The zero-order chi connectivity index (χ0) is 13.5. The van der Waals surface area contributed by atoms with Gasteiger partial charge in [0.25, 0.3) is 0 Å². The number of hydrogen-bond donors (Lipinski definition) is 1. The molecule has 1 spiro atoms. The maximum Gasteiger partial charge on any atom is 0.435 e. The summed E-state index contributed by atoms with van der Waals surface area (Å²) in [4.78, 5) is 2.03. The highest BCUT2D eigenvalue weighted by atomic mass is 19.4. The Morgan fingerprint density at radius 3 is 2.63 bits per heavy atom. The molecule has 0 bridgehead atoms. The lowest BCUT2D eigenvalue weighted by Gasteiger charge is -2.23. The van der Waals surface area contributed by atoms with Crippen molar-refractivity contribution in [3.05, 3.63) is 17.8 Å². The van der Waals surface area contributed by atoms with Crippen molar-refractivity contribution in [3.8, 4) is 0 Å². The highest BCUT2D eigenvalue weighted by molar-refractivity contribution is 5.40. The monoisotopic (exact) mass is 272 g/mol. The van der Waals surface area contributed by atoms with Crippen LogP contribution < -0.4 is 10.2 Å². The molecule has 0 amide bonds. The third-order valence-corrected chi connectivity index (χ3v) is 4.04. The van der Waals surface area contributed by atoms with Gasteiger partial charge in [-0.05, 0) is 31.5 Å². The van der Waals surface area contributed by atoms with Crippen molar-refractivity contribution in [1.82, 2.24) is 15.5 Å². The molecule has 2 saturated heterocycles. The standard InChI is InChI=1S/C12H15F3N4/c13-12(14,15)9-1-2-10(18-17-9)19-6-4-11(8-19)3-5-16-7-11/h1-2,16H,3-8H2.